The minimum atomic E-state index is -0.0762. The summed E-state index contributed by atoms with van der Waals surface area (Å²) < 4.78 is 0. The summed E-state index contributed by atoms with van der Waals surface area (Å²) in [4.78, 5) is 27.7. The number of carbonyl (C=O) groups excluding carboxylic acids is 2. The van der Waals surface area contributed by atoms with E-state index in [1.807, 2.05) is 13.8 Å². The number of aryl methyl sites for hydroxylation is 1. The number of rotatable bonds is 3. The Bertz CT molecular complexity index is 686. The van der Waals surface area contributed by atoms with E-state index in [9.17, 15) is 9.59 Å². The first-order chi connectivity index (χ1) is 10.6. The average molecular weight is 316 g/mol. The number of aromatic amines is 1. The molecule has 2 aliphatic carbocycles. The lowest BCUT2D eigenvalue weighted by molar-refractivity contribution is 0.0821. The van der Waals surface area contributed by atoms with Crippen molar-refractivity contribution in [1.82, 2.24) is 10.3 Å². The number of hydrogen-bond acceptors (Lipinski definition) is 2. The van der Waals surface area contributed by atoms with E-state index in [4.69, 9.17) is 0 Å². The highest BCUT2D eigenvalue weighted by molar-refractivity contribution is 6.02. The van der Waals surface area contributed by atoms with E-state index >= 15 is 0 Å². The van der Waals surface area contributed by atoms with Gasteiger partial charge in [-0.15, -0.1) is 0 Å². The van der Waals surface area contributed by atoms with Crippen LogP contribution in [0, 0.1) is 30.6 Å². The van der Waals surface area contributed by atoms with E-state index < -0.39 is 0 Å². The van der Waals surface area contributed by atoms with Crippen LogP contribution < -0.4 is 5.32 Å². The number of Topliss-reactive ketones (excluding diaryl/α,β-unsaturated/α-hetero) is 1. The summed E-state index contributed by atoms with van der Waals surface area (Å²) in [5, 5.41) is 3.26. The predicted molar refractivity (Wildman–Crippen MR) is 90.8 cm³/mol. The van der Waals surface area contributed by atoms with Crippen molar-refractivity contribution in [1.29, 1.82) is 0 Å². The third-order valence-corrected chi connectivity index (χ3v) is 7.12. The van der Waals surface area contributed by atoms with Crippen LogP contribution in [0.5, 0.6) is 0 Å². The van der Waals surface area contributed by atoms with Crippen molar-refractivity contribution in [2.24, 2.45) is 16.7 Å². The van der Waals surface area contributed by atoms with Gasteiger partial charge in [-0.05, 0) is 62.3 Å². The molecule has 3 rings (SSSR count). The molecule has 0 radical (unpaired) electrons. The van der Waals surface area contributed by atoms with E-state index in [1.165, 1.54) is 12.8 Å². The summed E-state index contributed by atoms with van der Waals surface area (Å²) in [6.07, 6.45) is 3.51. The minimum Gasteiger partial charge on any atom is -0.354 e. The molecule has 3 atom stereocenters. The number of carbonyl (C=O) groups is 2. The van der Waals surface area contributed by atoms with Crippen molar-refractivity contribution in [2.45, 2.75) is 66.8 Å². The van der Waals surface area contributed by atoms with Crippen molar-refractivity contribution in [3.8, 4) is 0 Å². The summed E-state index contributed by atoms with van der Waals surface area (Å²) in [7, 11) is 0. The molecule has 0 saturated heterocycles. The van der Waals surface area contributed by atoms with Crippen LogP contribution in [0.4, 0.5) is 0 Å². The van der Waals surface area contributed by atoms with Gasteiger partial charge in [0.2, 0.25) is 0 Å². The van der Waals surface area contributed by atoms with E-state index in [1.54, 1.807) is 6.92 Å². The summed E-state index contributed by atoms with van der Waals surface area (Å²) in [5.74, 6) is 0.619. The quantitative estimate of drug-likeness (QED) is 0.834. The van der Waals surface area contributed by atoms with Gasteiger partial charge >= 0.3 is 0 Å². The zero-order valence-electron chi connectivity index (χ0n) is 15.1. The molecular formula is C19H28N2O2. The summed E-state index contributed by atoms with van der Waals surface area (Å²) in [5.41, 5.74) is 3.16. The van der Waals surface area contributed by atoms with Gasteiger partial charge in [-0.2, -0.15) is 0 Å². The Morgan fingerprint density at radius 2 is 1.87 bits per heavy atom. The van der Waals surface area contributed by atoms with Crippen molar-refractivity contribution in [3.05, 3.63) is 22.5 Å². The molecule has 23 heavy (non-hydrogen) atoms. The summed E-state index contributed by atoms with van der Waals surface area (Å²) in [6.45, 7) is 12.2. The summed E-state index contributed by atoms with van der Waals surface area (Å²) >= 11 is 0. The molecule has 4 heteroatoms. The first kappa shape index (κ1) is 16.3. The Kier molecular flexibility index (Phi) is 3.51. The zero-order chi connectivity index (χ0) is 17.2. The Labute approximate surface area is 138 Å². The standard InChI is InChI=1S/C19H28N2O2/c1-10-15(12(3)22)11(2)20-16(10)17(23)21-14-9-13-7-8-19(14,6)18(13,4)5/h13-14,20H,7-9H2,1-6H3,(H,21,23). The normalized spacial score (nSPS) is 31.4. The fraction of sp³-hybridized carbons (Fsp3) is 0.684. The maximum absolute atomic E-state index is 12.8. The molecule has 2 aliphatic rings. The number of nitrogens with one attached hydrogen (secondary N) is 2. The van der Waals surface area contributed by atoms with Crippen LogP contribution in [0.15, 0.2) is 0 Å². The van der Waals surface area contributed by atoms with Gasteiger partial charge in [0.1, 0.15) is 5.69 Å². The van der Waals surface area contributed by atoms with Crippen LogP contribution in [0.25, 0.3) is 0 Å². The van der Waals surface area contributed by atoms with Gasteiger partial charge in [0.25, 0.3) is 5.91 Å². The molecule has 1 heterocycles. The molecule has 2 bridgehead atoms. The Balaban J connectivity index is 1.85. The maximum Gasteiger partial charge on any atom is 0.268 e. The molecule has 2 saturated carbocycles. The average Bonchev–Trinajstić information content (AvgIpc) is 2.93. The van der Waals surface area contributed by atoms with Gasteiger partial charge < -0.3 is 10.3 Å². The third-order valence-electron chi connectivity index (χ3n) is 7.12. The van der Waals surface area contributed by atoms with Crippen LogP contribution in [0.1, 0.15) is 79.1 Å². The molecule has 4 nitrogen and oxygen atoms in total. The molecule has 2 fully saturated rings. The molecule has 126 valence electrons. The lowest BCUT2D eigenvalue weighted by Crippen LogP contribution is -2.47. The van der Waals surface area contributed by atoms with Crippen molar-refractivity contribution in [3.63, 3.8) is 0 Å². The van der Waals surface area contributed by atoms with E-state index in [-0.39, 0.29) is 28.6 Å². The molecule has 0 spiro atoms. The van der Waals surface area contributed by atoms with Gasteiger partial charge in [0.05, 0.1) is 0 Å². The fourth-order valence-electron chi connectivity index (χ4n) is 5.16. The molecule has 1 aromatic rings. The number of hydrogen-bond donors (Lipinski definition) is 2. The second-order valence-electron chi connectivity index (χ2n) is 8.32. The lowest BCUT2D eigenvalue weighted by atomic mass is 9.69. The monoisotopic (exact) mass is 316 g/mol. The van der Waals surface area contributed by atoms with Crippen LogP contribution in [0.2, 0.25) is 0 Å². The number of H-pyrrole nitrogens is 1. The Morgan fingerprint density at radius 1 is 1.22 bits per heavy atom. The highest BCUT2D eigenvalue weighted by Crippen LogP contribution is 2.65. The Hall–Kier alpha value is -1.58. The zero-order valence-corrected chi connectivity index (χ0v) is 15.1. The van der Waals surface area contributed by atoms with Gasteiger partial charge in [0, 0.05) is 17.3 Å². The van der Waals surface area contributed by atoms with Crippen molar-refractivity contribution < 1.29 is 9.59 Å². The largest absolute Gasteiger partial charge is 0.354 e. The minimum absolute atomic E-state index is 0.00307. The summed E-state index contributed by atoms with van der Waals surface area (Å²) in [6, 6.07) is 0.215. The molecule has 0 aliphatic heterocycles. The molecule has 0 aromatic carbocycles. The molecule has 2 N–H and O–H groups in total. The molecule has 3 unspecified atom stereocenters. The van der Waals surface area contributed by atoms with Crippen LogP contribution >= 0.6 is 0 Å². The number of aromatic nitrogens is 1. The molecular weight excluding hydrogens is 288 g/mol. The smallest absolute Gasteiger partial charge is 0.268 e. The van der Waals surface area contributed by atoms with Crippen molar-refractivity contribution >= 4 is 11.7 Å². The number of fused-ring (bicyclic) bond motifs is 2. The van der Waals surface area contributed by atoms with Crippen LogP contribution in [-0.2, 0) is 0 Å². The fourth-order valence-corrected chi connectivity index (χ4v) is 5.16. The van der Waals surface area contributed by atoms with Crippen LogP contribution in [0.3, 0.4) is 0 Å². The molecule has 1 amide bonds. The first-order valence-electron chi connectivity index (χ1n) is 8.60. The number of ketones is 1. The maximum atomic E-state index is 12.8. The topological polar surface area (TPSA) is 62.0 Å². The number of amides is 1. The SMILES string of the molecule is CC(=O)c1c(C)[nH]c(C(=O)NC2CC3CCC2(C)C3(C)C)c1C. The van der Waals surface area contributed by atoms with Gasteiger partial charge in [0.15, 0.2) is 5.78 Å². The Morgan fingerprint density at radius 3 is 2.30 bits per heavy atom. The van der Waals surface area contributed by atoms with Gasteiger partial charge in [-0.1, -0.05) is 20.8 Å². The van der Waals surface area contributed by atoms with E-state index in [2.05, 4.69) is 31.1 Å². The lowest BCUT2D eigenvalue weighted by Gasteiger charge is -2.39. The van der Waals surface area contributed by atoms with E-state index in [0.717, 1.165) is 17.7 Å². The van der Waals surface area contributed by atoms with Gasteiger partial charge in [-0.25, -0.2) is 0 Å². The highest BCUT2D eigenvalue weighted by Gasteiger charge is 2.61. The second kappa shape index (κ2) is 4.96. The van der Waals surface area contributed by atoms with Crippen LogP contribution in [-0.4, -0.2) is 22.7 Å². The first-order valence-corrected chi connectivity index (χ1v) is 8.60. The molecule has 1 aromatic heterocycles. The van der Waals surface area contributed by atoms with Gasteiger partial charge in [-0.3, -0.25) is 9.59 Å². The van der Waals surface area contributed by atoms with Crippen molar-refractivity contribution in [2.75, 3.05) is 0 Å². The predicted octanol–water partition coefficient (Wildman–Crippen LogP) is 3.78. The highest BCUT2D eigenvalue weighted by atomic mass is 16.2. The second-order valence-corrected chi connectivity index (χ2v) is 8.32. The third kappa shape index (κ3) is 2.10. The van der Waals surface area contributed by atoms with E-state index in [0.29, 0.717) is 17.2 Å².